The molecule has 1 heterocycles. The van der Waals surface area contributed by atoms with Gasteiger partial charge in [-0.25, -0.2) is 31.5 Å². The maximum Gasteiger partial charge on any atom is 0.336 e. The first-order valence-electron chi connectivity index (χ1n) is 16.7. The molecule has 6 aromatic carbocycles. The first-order valence-corrected chi connectivity index (χ1v) is 16.7. The van der Waals surface area contributed by atoms with Gasteiger partial charge in [-0.15, -0.1) is 0 Å². The van der Waals surface area contributed by atoms with Crippen LogP contribution in [0.15, 0.2) is 109 Å². The summed E-state index contributed by atoms with van der Waals surface area (Å²) in [6.07, 6.45) is 0. The molecule has 4 N–H and O–H groups in total. The lowest BCUT2D eigenvalue weighted by Crippen LogP contribution is -2.18. The average Bonchev–Trinajstić information content (AvgIpc) is 3.68. The second-order valence-electron chi connectivity index (χ2n) is 12.2. The molecule has 16 heteroatoms. The summed E-state index contributed by atoms with van der Waals surface area (Å²) in [5.41, 5.74) is -1.52. The van der Waals surface area contributed by atoms with Crippen molar-refractivity contribution in [1.29, 1.82) is 0 Å². The SMILES string of the molecule is COc1cc(F)cc(-c2cc(F)c(NC(=O)c3ccccc3C(=O)O)c(F)c2)c1.O=C(O)c1ccccc1C(=O)Nc1c(F)cc(-c2ccc3c(c2)OCO3)cc1F. The van der Waals surface area contributed by atoms with Crippen molar-refractivity contribution in [2.45, 2.75) is 0 Å². The van der Waals surface area contributed by atoms with Crippen LogP contribution < -0.4 is 24.8 Å². The molecule has 294 valence electrons. The van der Waals surface area contributed by atoms with Crippen molar-refractivity contribution in [1.82, 2.24) is 0 Å². The van der Waals surface area contributed by atoms with E-state index in [2.05, 4.69) is 10.6 Å². The molecule has 2 amide bonds. The number of hydrogen-bond donors (Lipinski definition) is 4. The highest BCUT2D eigenvalue weighted by molar-refractivity contribution is 6.11. The lowest BCUT2D eigenvalue weighted by molar-refractivity contribution is 0.0683. The van der Waals surface area contributed by atoms with Crippen LogP contribution in [0.25, 0.3) is 22.3 Å². The number of carbonyl (C=O) groups is 4. The van der Waals surface area contributed by atoms with E-state index in [1.54, 1.807) is 18.2 Å². The molecule has 0 bridgehead atoms. The summed E-state index contributed by atoms with van der Waals surface area (Å²) in [4.78, 5) is 47.2. The molecule has 0 radical (unpaired) electrons. The molecule has 0 fully saturated rings. The molecule has 0 spiro atoms. The molecule has 1 aliphatic rings. The van der Waals surface area contributed by atoms with E-state index in [-0.39, 0.29) is 51.5 Å². The van der Waals surface area contributed by atoms with Crippen LogP contribution in [0.4, 0.5) is 33.3 Å². The van der Waals surface area contributed by atoms with Gasteiger partial charge in [-0.1, -0.05) is 30.3 Å². The van der Waals surface area contributed by atoms with Gasteiger partial charge in [0.2, 0.25) is 6.79 Å². The molecule has 1 aliphatic heterocycles. The highest BCUT2D eigenvalue weighted by Crippen LogP contribution is 2.37. The third kappa shape index (κ3) is 8.70. The van der Waals surface area contributed by atoms with Gasteiger partial charge in [0.15, 0.2) is 11.5 Å². The molecular formula is C42H27F5N2O9. The number of aromatic carboxylic acids is 2. The Hall–Kier alpha value is -7.75. The van der Waals surface area contributed by atoms with Crippen LogP contribution in [0.3, 0.4) is 0 Å². The Morgan fingerprint density at radius 1 is 0.534 bits per heavy atom. The van der Waals surface area contributed by atoms with Crippen LogP contribution in [0.1, 0.15) is 41.4 Å². The number of amides is 2. The van der Waals surface area contributed by atoms with Gasteiger partial charge in [0.1, 0.15) is 46.2 Å². The quantitative estimate of drug-likeness (QED) is 0.105. The number of methoxy groups -OCH3 is 1. The predicted molar refractivity (Wildman–Crippen MR) is 199 cm³/mol. The van der Waals surface area contributed by atoms with Crippen molar-refractivity contribution in [3.63, 3.8) is 0 Å². The number of benzene rings is 6. The molecular weight excluding hydrogens is 771 g/mol. The normalized spacial score (nSPS) is 11.2. The van der Waals surface area contributed by atoms with Crippen molar-refractivity contribution in [2.75, 3.05) is 24.5 Å². The van der Waals surface area contributed by atoms with Crippen LogP contribution in [0, 0.1) is 29.1 Å². The minimum atomic E-state index is -1.35. The van der Waals surface area contributed by atoms with E-state index in [9.17, 15) is 46.2 Å². The van der Waals surface area contributed by atoms with E-state index < -0.39 is 64.2 Å². The first kappa shape index (κ1) is 39.9. The number of hydrogen-bond acceptors (Lipinski definition) is 7. The first-order chi connectivity index (χ1) is 27.7. The van der Waals surface area contributed by atoms with Gasteiger partial charge in [0, 0.05) is 6.07 Å². The largest absolute Gasteiger partial charge is 0.497 e. The smallest absolute Gasteiger partial charge is 0.336 e. The zero-order chi connectivity index (χ0) is 41.7. The molecule has 58 heavy (non-hydrogen) atoms. The molecule has 7 rings (SSSR count). The van der Waals surface area contributed by atoms with E-state index in [0.29, 0.717) is 17.1 Å². The summed E-state index contributed by atoms with van der Waals surface area (Å²) in [6.45, 7) is 0.0737. The standard InChI is InChI=1S/C21H14F3NO4.C21H13F2NO5/c1-29-14-7-11(6-13(22)10-14)12-8-17(23)19(18(24)9-12)25-20(26)15-4-2-3-5-16(15)21(27)28;22-15-7-12(11-5-6-17-18(9-11)29-10-28-17)8-16(23)19(15)24-20(25)13-3-1-2-4-14(13)21(26)27/h2-10H,1H3,(H,25,26)(H,27,28);1-9H,10H2,(H,24,25)(H,26,27). The van der Waals surface area contributed by atoms with Gasteiger partial charge in [0.05, 0.1) is 29.4 Å². The summed E-state index contributed by atoms with van der Waals surface area (Å²) in [7, 11) is 1.33. The second-order valence-corrected chi connectivity index (χ2v) is 12.2. The lowest BCUT2D eigenvalue weighted by Gasteiger charge is -2.12. The summed E-state index contributed by atoms with van der Waals surface area (Å²) < 4.78 is 87.3. The van der Waals surface area contributed by atoms with Crippen molar-refractivity contribution in [3.8, 4) is 39.5 Å². The summed E-state index contributed by atoms with van der Waals surface area (Å²) in [5.74, 6) is -8.29. The zero-order valence-corrected chi connectivity index (χ0v) is 29.7. The van der Waals surface area contributed by atoms with E-state index in [1.165, 1.54) is 61.7 Å². The molecule has 0 aliphatic carbocycles. The summed E-state index contributed by atoms with van der Waals surface area (Å²) in [5, 5.41) is 22.5. The van der Waals surface area contributed by atoms with Gasteiger partial charge in [-0.3, -0.25) is 9.59 Å². The highest BCUT2D eigenvalue weighted by Gasteiger charge is 2.23. The number of fused-ring (bicyclic) bond motifs is 1. The Morgan fingerprint density at radius 2 is 0.966 bits per heavy atom. The number of rotatable bonds is 9. The number of carboxylic acid groups (broad SMARTS) is 2. The number of nitrogens with one attached hydrogen (secondary N) is 2. The summed E-state index contributed by atoms with van der Waals surface area (Å²) >= 11 is 0. The fourth-order valence-electron chi connectivity index (χ4n) is 5.74. The maximum atomic E-state index is 14.6. The topological polar surface area (TPSA) is 160 Å². The van der Waals surface area contributed by atoms with Gasteiger partial charge in [-0.2, -0.15) is 0 Å². The van der Waals surface area contributed by atoms with Gasteiger partial charge in [0.25, 0.3) is 11.8 Å². The zero-order valence-electron chi connectivity index (χ0n) is 29.7. The Morgan fingerprint density at radius 3 is 1.43 bits per heavy atom. The van der Waals surface area contributed by atoms with E-state index in [1.807, 2.05) is 0 Å². The van der Waals surface area contributed by atoms with Gasteiger partial charge in [-0.05, 0) is 95.1 Å². The van der Waals surface area contributed by atoms with Crippen molar-refractivity contribution in [3.05, 3.63) is 161 Å². The minimum absolute atomic E-state index is 0.0294. The van der Waals surface area contributed by atoms with Gasteiger partial charge >= 0.3 is 11.9 Å². The van der Waals surface area contributed by atoms with Crippen molar-refractivity contribution >= 4 is 35.1 Å². The number of ether oxygens (including phenoxy) is 3. The Labute approximate surface area is 324 Å². The van der Waals surface area contributed by atoms with E-state index >= 15 is 0 Å². The van der Waals surface area contributed by atoms with Crippen molar-refractivity contribution in [2.24, 2.45) is 0 Å². The van der Waals surface area contributed by atoms with E-state index in [4.69, 9.17) is 19.3 Å². The van der Waals surface area contributed by atoms with Crippen LogP contribution >= 0.6 is 0 Å². The minimum Gasteiger partial charge on any atom is -0.497 e. The molecule has 0 atom stereocenters. The average molecular weight is 799 g/mol. The maximum absolute atomic E-state index is 14.6. The number of carbonyl (C=O) groups excluding carboxylic acids is 2. The van der Waals surface area contributed by atoms with E-state index in [0.717, 1.165) is 36.4 Å². The number of anilines is 2. The lowest BCUT2D eigenvalue weighted by atomic mass is 10.0. The predicted octanol–water partition coefficient (Wildman–Crippen LogP) is 9.04. The third-order valence-corrected chi connectivity index (χ3v) is 8.51. The molecule has 0 saturated carbocycles. The van der Waals surface area contributed by atoms with Crippen LogP contribution in [-0.4, -0.2) is 47.9 Å². The molecule has 6 aromatic rings. The fourth-order valence-corrected chi connectivity index (χ4v) is 5.74. The third-order valence-electron chi connectivity index (χ3n) is 8.51. The number of carboxylic acids is 2. The Balaban J connectivity index is 0.000000196. The van der Waals surface area contributed by atoms with Crippen LogP contribution in [0.5, 0.6) is 17.2 Å². The Kier molecular flexibility index (Phi) is 11.7. The van der Waals surface area contributed by atoms with Crippen LogP contribution in [-0.2, 0) is 0 Å². The molecule has 11 nitrogen and oxygen atoms in total. The molecule has 0 saturated heterocycles. The highest BCUT2D eigenvalue weighted by atomic mass is 19.1. The van der Waals surface area contributed by atoms with Gasteiger partial charge < -0.3 is 35.1 Å². The van der Waals surface area contributed by atoms with Crippen LogP contribution in [0.2, 0.25) is 0 Å². The molecule has 0 aromatic heterocycles. The fraction of sp³-hybridized carbons (Fsp3) is 0.0476. The van der Waals surface area contributed by atoms with Crippen molar-refractivity contribution < 1.29 is 65.6 Å². The Bertz CT molecular complexity index is 2570. The molecule has 0 unspecified atom stereocenters. The number of halogens is 5. The summed E-state index contributed by atoms with van der Waals surface area (Å²) in [6, 6.07) is 23.1. The second kappa shape index (κ2) is 16.9. The monoisotopic (exact) mass is 798 g/mol.